The Morgan fingerprint density at radius 3 is 2.68 bits per heavy atom. The molecule has 0 aliphatic carbocycles. The summed E-state index contributed by atoms with van der Waals surface area (Å²) >= 11 is 11.6. The Morgan fingerprint density at radius 1 is 1.37 bits per heavy atom. The maximum absolute atomic E-state index is 12.5. The molecular weight excluding hydrogens is 309 g/mol. The van der Waals surface area contributed by atoms with Crippen molar-refractivity contribution in [2.24, 2.45) is 5.92 Å². The topological polar surface area (TPSA) is 57.6 Å². The smallest absolute Gasteiger partial charge is 0.246 e. The van der Waals surface area contributed by atoms with Crippen LogP contribution in [0.4, 0.5) is 0 Å². The van der Waals surface area contributed by atoms with E-state index in [-0.39, 0.29) is 14.9 Å². The van der Waals surface area contributed by atoms with Crippen molar-refractivity contribution in [3.05, 3.63) is 22.2 Å². The van der Waals surface area contributed by atoms with Crippen LogP contribution in [0.1, 0.15) is 19.8 Å². The fourth-order valence-corrected chi connectivity index (χ4v) is 4.59. The van der Waals surface area contributed by atoms with E-state index in [0.717, 1.165) is 12.8 Å². The largest absolute Gasteiger partial charge is 0.505 e. The summed E-state index contributed by atoms with van der Waals surface area (Å²) < 4.78 is 26.4. The highest BCUT2D eigenvalue weighted by molar-refractivity contribution is 7.89. The lowest BCUT2D eigenvalue weighted by atomic mass is 10.0. The molecule has 2 rings (SSSR count). The molecule has 1 heterocycles. The van der Waals surface area contributed by atoms with E-state index >= 15 is 0 Å². The summed E-state index contributed by atoms with van der Waals surface area (Å²) in [7, 11) is -3.76. The number of phenols is 1. The number of nitrogens with zero attached hydrogens (tertiary/aromatic N) is 1. The van der Waals surface area contributed by atoms with Crippen molar-refractivity contribution in [3.8, 4) is 5.75 Å². The summed E-state index contributed by atoms with van der Waals surface area (Å²) in [5.41, 5.74) is 0. The third-order valence-electron chi connectivity index (χ3n) is 3.23. The van der Waals surface area contributed by atoms with Crippen LogP contribution in [-0.4, -0.2) is 30.9 Å². The Hall–Kier alpha value is -0.490. The molecule has 1 aromatic rings. The average molecular weight is 324 g/mol. The summed E-state index contributed by atoms with van der Waals surface area (Å²) in [6.45, 7) is 2.91. The second-order valence-corrected chi connectivity index (χ2v) is 7.59. The van der Waals surface area contributed by atoms with Crippen LogP contribution in [0.3, 0.4) is 0 Å². The van der Waals surface area contributed by atoms with Crippen LogP contribution >= 0.6 is 23.2 Å². The van der Waals surface area contributed by atoms with Crippen molar-refractivity contribution < 1.29 is 13.5 Å². The van der Waals surface area contributed by atoms with Crippen molar-refractivity contribution in [1.29, 1.82) is 0 Å². The minimum atomic E-state index is -3.76. The van der Waals surface area contributed by atoms with Gasteiger partial charge in [-0.1, -0.05) is 30.1 Å². The van der Waals surface area contributed by atoms with Gasteiger partial charge in [0, 0.05) is 18.1 Å². The first kappa shape index (κ1) is 14.9. The highest BCUT2D eigenvalue weighted by Gasteiger charge is 2.31. The van der Waals surface area contributed by atoms with E-state index in [2.05, 4.69) is 0 Å². The molecular formula is C12H15Cl2NO3S. The minimum absolute atomic E-state index is 0.0591. The Balaban J connectivity index is 2.45. The van der Waals surface area contributed by atoms with Gasteiger partial charge in [0.05, 0.1) is 5.02 Å². The molecule has 0 aromatic heterocycles. The van der Waals surface area contributed by atoms with Crippen LogP contribution in [0.5, 0.6) is 5.75 Å². The Kier molecular flexibility index (Phi) is 4.30. The van der Waals surface area contributed by atoms with E-state index in [1.165, 1.54) is 16.4 Å². The number of benzene rings is 1. The van der Waals surface area contributed by atoms with Crippen molar-refractivity contribution in [2.45, 2.75) is 24.7 Å². The number of rotatable bonds is 2. The first-order valence-electron chi connectivity index (χ1n) is 6.00. The third-order valence-corrected chi connectivity index (χ3v) is 5.62. The monoisotopic (exact) mass is 323 g/mol. The van der Waals surface area contributed by atoms with Crippen LogP contribution < -0.4 is 0 Å². The molecule has 1 aromatic carbocycles. The van der Waals surface area contributed by atoms with E-state index in [0.29, 0.717) is 19.0 Å². The van der Waals surface area contributed by atoms with Gasteiger partial charge in [0.15, 0.2) is 5.75 Å². The Morgan fingerprint density at radius 2 is 2.05 bits per heavy atom. The van der Waals surface area contributed by atoms with Crippen molar-refractivity contribution in [1.82, 2.24) is 4.31 Å². The normalized spacial score (nSPS) is 21.5. The molecule has 0 saturated carbocycles. The number of halogens is 2. The fourth-order valence-electron chi connectivity index (χ4n) is 2.24. The van der Waals surface area contributed by atoms with E-state index in [9.17, 15) is 13.5 Å². The first-order chi connectivity index (χ1) is 8.82. The van der Waals surface area contributed by atoms with Crippen molar-refractivity contribution in [2.75, 3.05) is 13.1 Å². The van der Waals surface area contributed by atoms with Crippen LogP contribution in [-0.2, 0) is 10.0 Å². The highest BCUT2D eigenvalue weighted by atomic mass is 35.5. The van der Waals surface area contributed by atoms with Gasteiger partial charge in [0.1, 0.15) is 4.90 Å². The van der Waals surface area contributed by atoms with Gasteiger partial charge >= 0.3 is 0 Å². The molecule has 1 N–H and O–H groups in total. The van der Waals surface area contributed by atoms with Crippen LogP contribution in [0.25, 0.3) is 0 Å². The molecule has 1 aliphatic rings. The fraction of sp³-hybridized carbons (Fsp3) is 0.500. The first-order valence-corrected chi connectivity index (χ1v) is 8.20. The summed E-state index contributed by atoms with van der Waals surface area (Å²) in [6.07, 6.45) is 1.82. The number of hydrogen-bond acceptors (Lipinski definition) is 3. The quantitative estimate of drug-likeness (QED) is 0.909. The van der Waals surface area contributed by atoms with E-state index in [1.807, 2.05) is 6.92 Å². The van der Waals surface area contributed by atoms with Gasteiger partial charge in [-0.25, -0.2) is 8.42 Å². The molecule has 4 nitrogen and oxygen atoms in total. The molecule has 1 fully saturated rings. The summed E-state index contributed by atoms with van der Waals surface area (Å²) in [5, 5.41) is 9.99. The van der Waals surface area contributed by atoms with Crippen LogP contribution in [0.2, 0.25) is 10.0 Å². The predicted molar refractivity (Wildman–Crippen MR) is 75.3 cm³/mol. The molecule has 106 valence electrons. The maximum atomic E-state index is 12.5. The van der Waals surface area contributed by atoms with Gasteiger partial charge < -0.3 is 5.11 Å². The molecule has 1 aliphatic heterocycles. The maximum Gasteiger partial charge on any atom is 0.246 e. The standard InChI is InChI=1S/C12H15Cl2NO3S/c1-8-3-2-4-15(7-8)19(17,18)11-6-9(13)5-10(14)12(11)16/h5-6,8,16H,2-4,7H2,1H3. The van der Waals surface area contributed by atoms with Gasteiger partial charge in [0.2, 0.25) is 10.0 Å². The number of piperidine rings is 1. The SMILES string of the molecule is CC1CCCN(S(=O)(=O)c2cc(Cl)cc(Cl)c2O)C1. The molecule has 0 radical (unpaired) electrons. The summed E-state index contributed by atoms with van der Waals surface area (Å²) in [4.78, 5) is -0.223. The Bertz CT molecular complexity index is 589. The minimum Gasteiger partial charge on any atom is -0.505 e. The molecule has 0 amide bonds. The Labute approximate surface area is 123 Å². The molecule has 0 bridgehead atoms. The van der Waals surface area contributed by atoms with Crippen LogP contribution in [0.15, 0.2) is 17.0 Å². The zero-order chi connectivity index (χ0) is 14.2. The van der Waals surface area contributed by atoms with Gasteiger partial charge in [-0.3, -0.25) is 0 Å². The lowest BCUT2D eigenvalue weighted by Crippen LogP contribution is -2.39. The third kappa shape index (κ3) is 2.99. The lowest BCUT2D eigenvalue weighted by molar-refractivity contribution is 0.280. The molecule has 19 heavy (non-hydrogen) atoms. The predicted octanol–water partition coefficient (Wildman–Crippen LogP) is 3.12. The summed E-state index contributed by atoms with van der Waals surface area (Å²) in [6, 6.07) is 2.55. The molecule has 1 atom stereocenters. The van der Waals surface area contributed by atoms with Gasteiger partial charge in [-0.2, -0.15) is 4.31 Å². The van der Waals surface area contributed by atoms with Gasteiger partial charge in [-0.15, -0.1) is 0 Å². The van der Waals surface area contributed by atoms with E-state index in [1.54, 1.807) is 0 Å². The number of aromatic hydroxyl groups is 1. The zero-order valence-electron chi connectivity index (χ0n) is 10.4. The number of sulfonamides is 1. The second kappa shape index (κ2) is 5.48. The zero-order valence-corrected chi connectivity index (χ0v) is 12.8. The lowest BCUT2D eigenvalue weighted by Gasteiger charge is -2.30. The van der Waals surface area contributed by atoms with Crippen molar-refractivity contribution in [3.63, 3.8) is 0 Å². The van der Waals surface area contributed by atoms with Crippen molar-refractivity contribution >= 4 is 33.2 Å². The average Bonchev–Trinajstić information content (AvgIpc) is 2.33. The number of hydrogen-bond donors (Lipinski definition) is 1. The van der Waals surface area contributed by atoms with Gasteiger partial charge in [0.25, 0.3) is 0 Å². The second-order valence-electron chi connectivity index (χ2n) is 4.84. The van der Waals surface area contributed by atoms with E-state index in [4.69, 9.17) is 23.2 Å². The molecule has 1 unspecified atom stereocenters. The molecule has 1 saturated heterocycles. The number of phenolic OH excluding ortho intramolecular Hbond substituents is 1. The molecule has 0 spiro atoms. The summed E-state index contributed by atoms with van der Waals surface area (Å²) in [5.74, 6) is -0.135. The molecule has 7 heteroatoms. The highest BCUT2D eigenvalue weighted by Crippen LogP contribution is 2.36. The van der Waals surface area contributed by atoms with Gasteiger partial charge in [-0.05, 0) is 30.9 Å². The van der Waals surface area contributed by atoms with E-state index < -0.39 is 15.8 Å². The van der Waals surface area contributed by atoms with Crippen LogP contribution in [0, 0.1) is 5.92 Å².